The third-order valence-corrected chi connectivity index (χ3v) is 4.27. The lowest BCUT2D eigenvalue weighted by Gasteiger charge is -2.36. The van der Waals surface area contributed by atoms with E-state index in [1.54, 1.807) is 12.1 Å². The third-order valence-electron chi connectivity index (χ3n) is 4.27. The SMILES string of the molecule is C[C@H]1CCCN2[C@@H](c3ccc([N+](=O)[O-])cc3)OC[C@@H]12. The van der Waals surface area contributed by atoms with Crippen LogP contribution >= 0.6 is 0 Å². The van der Waals surface area contributed by atoms with Crippen LogP contribution in [0, 0.1) is 16.0 Å². The predicted molar refractivity (Wildman–Crippen MR) is 70.7 cm³/mol. The van der Waals surface area contributed by atoms with Crippen LogP contribution in [0.25, 0.3) is 0 Å². The number of benzene rings is 1. The van der Waals surface area contributed by atoms with Gasteiger partial charge in [-0.1, -0.05) is 6.92 Å². The first kappa shape index (κ1) is 12.6. The van der Waals surface area contributed by atoms with Crippen molar-refractivity contribution in [3.63, 3.8) is 0 Å². The summed E-state index contributed by atoms with van der Waals surface area (Å²) in [6, 6.07) is 7.22. The summed E-state index contributed by atoms with van der Waals surface area (Å²) in [6.07, 6.45) is 2.43. The topological polar surface area (TPSA) is 55.6 Å². The van der Waals surface area contributed by atoms with Crippen LogP contribution in [0.4, 0.5) is 5.69 Å². The fourth-order valence-electron chi connectivity index (χ4n) is 3.17. The molecule has 3 atom stereocenters. The second kappa shape index (κ2) is 4.90. The average molecular weight is 262 g/mol. The Hall–Kier alpha value is -1.46. The summed E-state index contributed by atoms with van der Waals surface area (Å²) in [5.74, 6) is 0.664. The van der Waals surface area contributed by atoms with Crippen LogP contribution in [0.5, 0.6) is 0 Å². The molecule has 1 aromatic rings. The van der Waals surface area contributed by atoms with E-state index in [9.17, 15) is 10.1 Å². The Labute approximate surface area is 112 Å². The summed E-state index contributed by atoms with van der Waals surface area (Å²) in [5.41, 5.74) is 1.15. The quantitative estimate of drug-likeness (QED) is 0.607. The number of ether oxygens (including phenoxy) is 1. The van der Waals surface area contributed by atoms with E-state index in [4.69, 9.17) is 4.74 Å². The molecule has 0 spiro atoms. The number of hydrogen-bond acceptors (Lipinski definition) is 4. The number of rotatable bonds is 2. The summed E-state index contributed by atoms with van der Waals surface area (Å²) < 4.78 is 5.91. The van der Waals surface area contributed by atoms with E-state index in [1.165, 1.54) is 12.8 Å². The Bertz CT molecular complexity index is 474. The molecule has 0 saturated carbocycles. The van der Waals surface area contributed by atoms with Gasteiger partial charge in [-0.15, -0.1) is 0 Å². The van der Waals surface area contributed by atoms with E-state index in [1.807, 2.05) is 12.1 Å². The van der Waals surface area contributed by atoms with Crippen LogP contribution in [-0.2, 0) is 4.74 Å². The molecule has 2 heterocycles. The second-order valence-electron chi connectivity index (χ2n) is 5.46. The Morgan fingerprint density at radius 3 is 2.79 bits per heavy atom. The molecule has 0 bridgehead atoms. The number of fused-ring (bicyclic) bond motifs is 1. The molecular weight excluding hydrogens is 244 g/mol. The zero-order valence-electron chi connectivity index (χ0n) is 11.0. The van der Waals surface area contributed by atoms with E-state index in [0.29, 0.717) is 12.0 Å². The molecule has 1 aromatic carbocycles. The van der Waals surface area contributed by atoms with E-state index in [2.05, 4.69) is 11.8 Å². The normalized spacial score (nSPS) is 31.1. The van der Waals surface area contributed by atoms with E-state index in [0.717, 1.165) is 18.7 Å². The van der Waals surface area contributed by atoms with Crippen LogP contribution in [0.2, 0.25) is 0 Å². The first-order valence-electron chi connectivity index (χ1n) is 6.78. The van der Waals surface area contributed by atoms with Gasteiger partial charge >= 0.3 is 0 Å². The number of hydrogen-bond donors (Lipinski definition) is 0. The van der Waals surface area contributed by atoms with Gasteiger partial charge in [-0.2, -0.15) is 0 Å². The first-order valence-corrected chi connectivity index (χ1v) is 6.78. The number of piperidine rings is 1. The fraction of sp³-hybridized carbons (Fsp3) is 0.571. The standard InChI is InChI=1S/C14H18N2O3/c1-10-3-2-8-15-13(10)9-19-14(15)11-4-6-12(7-5-11)16(17)18/h4-7,10,13-14H,2-3,8-9H2,1H3/t10-,13-,14+/m0/s1. The maximum Gasteiger partial charge on any atom is 0.269 e. The highest BCUT2D eigenvalue weighted by atomic mass is 16.6. The van der Waals surface area contributed by atoms with Crippen molar-refractivity contribution in [3.05, 3.63) is 39.9 Å². The van der Waals surface area contributed by atoms with Gasteiger partial charge in [-0.05, 0) is 36.5 Å². The van der Waals surface area contributed by atoms with Gasteiger partial charge in [-0.25, -0.2) is 0 Å². The molecule has 0 unspecified atom stereocenters. The van der Waals surface area contributed by atoms with Crippen molar-refractivity contribution in [1.29, 1.82) is 0 Å². The van der Waals surface area contributed by atoms with Crippen molar-refractivity contribution >= 4 is 5.69 Å². The molecule has 0 aliphatic carbocycles. The van der Waals surface area contributed by atoms with Gasteiger partial charge in [0.2, 0.25) is 0 Å². The van der Waals surface area contributed by atoms with Gasteiger partial charge in [0.1, 0.15) is 6.23 Å². The zero-order valence-corrected chi connectivity index (χ0v) is 11.0. The smallest absolute Gasteiger partial charge is 0.269 e. The Balaban J connectivity index is 1.80. The molecule has 5 heteroatoms. The minimum absolute atomic E-state index is 0.0337. The Morgan fingerprint density at radius 1 is 1.37 bits per heavy atom. The molecule has 0 aromatic heterocycles. The maximum atomic E-state index is 10.7. The summed E-state index contributed by atoms with van der Waals surface area (Å²) >= 11 is 0. The maximum absolute atomic E-state index is 10.7. The molecule has 2 aliphatic rings. The highest BCUT2D eigenvalue weighted by Gasteiger charge is 2.40. The van der Waals surface area contributed by atoms with E-state index >= 15 is 0 Å². The lowest BCUT2D eigenvalue weighted by molar-refractivity contribution is -0.384. The van der Waals surface area contributed by atoms with Gasteiger partial charge in [0, 0.05) is 24.7 Å². The lowest BCUT2D eigenvalue weighted by atomic mass is 9.91. The average Bonchev–Trinajstić information content (AvgIpc) is 2.84. The van der Waals surface area contributed by atoms with Crippen LogP contribution < -0.4 is 0 Å². The number of nitro groups is 1. The van der Waals surface area contributed by atoms with Crippen molar-refractivity contribution in [1.82, 2.24) is 4.90 Å². The van der Waals surface area contributed by atoms with Gasteiger partial charge < -0.3 is 4.74 Å². The predicted octanol–water partition coefficient (Wildman–Crippen LogP) is 2.72. The molecule has 5 nitrogen and oxygen atoms in total. The van der Waals surface area contributed by atoms with Crippen LogP contribution in [0.1, 0.15) is 31.6 Å². The minimum atomic E-state index is -0.370. The molecule has 3 rings (SSSR count). The molecule has 0 amide bonds. The molecular formula is C14H18N2O3. The fourth-order valence-corrected chi connectivity index (χ4v) is 3.17. The molecule has 0 radical (unpaired) electrons. The summed E-state index contributed by atoms with van der Waals surface area (Å²) in [6.45, 7) is 4.10. The van der Waals surface area contributed by atoms with Crippen LogP contribution in [-0.4, -0.2) is 29.0 Å². The summed E-state index contributed by atoms with van der Waals surface area (Å²) in [5, 5.41) is 10.7. The van der Waals surface area contributed by atoms with Crippen molar-refractivity contribution < 1.29 is 9.66 Å². The van der Waals surface area contributed by atoms with E-state index < -0.39 is 0 Å². The Kier molecular flexibility index (Phi) is 3.24. The Morgan fingerprint density at radius 2 is 2.11 bits per heavy atom. The van der Waals surface area contributed by atoms with Crippen molar-refractivity contribution in [2.45, 2.75) is 32.0 Å². The minimum Gasteiger partial charge on any atom is -0.357 e. The number of non-ortho nitro benzene ring substituents is 1. The number of nitro benzene ring substituents is 1. The first-order chi connectivity index (χ1) is 9.16. The van der Waals surface area contributed by atoms with E-state index in [-0.39, 0.29) is 16.8 Å². The monoisotopic (exact) mass is 262 g/mol. The largest absolute Gasteiger partial charge is 0.357 e. The highest BCUT2D eigenvalue weighted by Crippen LogP contribution is 2.38. The molecule has 102 valence electrons. The third kappa shape index (κ3) is 2.24. The van der Waals surface area contributed by atoms with Crippen molar-refractivity contribution in [2.75, 3.05) is 13.2 Å². The molecule has 0 N–H and O–H groups in total. The second-order valence-corrected chi connectivity index (χ2v) is 5.46. The van der Waals surface area contributed by atoms with Crippen molar-refractivity contribution in [2.24, 2.45) is 5.92 Å². The number of nitrogens with zero attached hydrogens (tertiary/aromatic N) is 2. The van der Waals surface area contributed by atoms with Gasteiger partial charge in [0.15, 0.2) is 0 Å². The zero-order chi connectivity index (χ0) is 13.4. The molecule has 2 fully saturated rings. The van der Waals surface area contributed by atoms with Gasteiger partial charge in [-0.3, -0.25) is 15.0 Å². The van der Waals surface area contributed by atoms with Crippen molar-refractivity contribution in [3.8, 4) is 0 Å². The van der Waals surface area contributed by atoms with Gasteiger partial charge in [0.05, 0.1) is 11.5 Å². The molecule has 2 aliphatic heterocycles. The highest BCUT2D eigenvalue weighted by molar-refractivity contribution is 5.34. The van der Waals surface area contributed by atoms with Crippen LogP contribution in [0.15, 0.2) is 24.3 Å². The lowest BCUT2D eigenvalue weighted by Crippen LogP contribution is -2.41. The van der Waals surface area contributed by atoms with Crippen LogP contribution in [0.3, 0.4) is 0 Å². The summed E-state index contributed by atoms with van der Waals surface area (Å²) in [7, 11) is 0. The molecule has 2 saturated heterocycles. The van der Waals surface area contributed by atoms with Gasteiger partial charge in [0.25, 0.3) is 5.69 Å². The summed E-state index contributed by atoms with van der Waals surface area (Å²) in [4.78, 5) is 12.7. The molecule has 19 heavy (non-hydrogen) atoms.